The van der Waals surface area contributed by atoms with E-state index in [1.807, 2.05) is 24.3 Å². The second-order valence-electron chi connectivity index (χ2n) is 6.52. The van der Waals surface area contributed by atoms with E-state index >= 15 is 0 Å². The molecule has 3 rings (SSSR count). The van der Waals surface area contributed by atoms with Gasteiger partial charge in [0.25, 0.3) is 0 Å². The van der Waals surface area contributed by atoms with Crippen molar-refractivity contribution in [3.8, 4) is 0 Å². The summed E-state index contributed by atoms with van der Waals surface area (Å²) in [6.45, 7) is 7.29. The highest BCUT2D eigenvalue weighted by Gasteiger charge is 2.50. The number of hydrogen-bond donors (Lipinski definition) is 1. The lowest BCUT2D eigenvalue weighted by Gasteiger charge is -2.55. The maximum atomic E-state index is 12.9. The molecule has 4 nitrogen and oxygen atoms in total. The molecule has 2 aliphatic heterocycles. The largest absolute Gasteiger partial charge is 0.379 e. The quantitative estimate of drug-likeness (QED) is 0.906. The number of fused-ring (bicyclic) bond motifs is 1. The smallest absolute Gasteiger partial charge is 0.227 e. The lowest BCUT2D eigenvalue weighted by atomic mass is 9.76. The van der Waals surface area contributed by atoms with Gasteiger partial charge in [0.05, 0.1) is 31.2 Å². The minimum absolute atomic E-state index is 0.171. The zero-order valence-electron chi connectivity index (χ0n) is 13.1. The molecule has 0 aromatic heterocycles. The van der Waals surface area contributed by atoms with Crippen molar-refractivity contribution < 1.29 is 9.53 Å². The fourth-order valence-electron chi connectivity index (χ4n) is 3.67. The molecule has 1 aromatic carbocycles. The van der Waals surface area contributed by atoms with Gasteiger partial charge in [-0.3, -0.25) is 4.79 Å². The van der Waals surface area contributed by atoms with Crippen molar-refractivity contribution in [2.24, 2.45) is 5.92 Å². The average molecular weight is 323 g/mol. The summed E-state index contributed by atoms with van der Waals surface area (Å²) in [6, 6.07) is 7.75. The molecule has 0 aliphatic carbocycles. The summed E-state index contributed by atoms with van der Waals surface area (Å²) in [5.74, 6) is 0.479. The first kappa shape index (κ1) is 15.8. The van der Waals surface area contributed by atoms with Crippen LogP contribution in [-0.4, -0.2) is 48.7 Å². The van der Waals surface area contributed by atoms with E-state index in [0.29, 0.717) is 30.6 Å². The average Bonchev–Trinajstić information content (AvgIpc) is 2.48. The van der Waals surface area contributed by atoms with Crippen molar-refractivity contribution in [1.82, 2.24) is 10.2 Å². The van der Waals surface area contributed by atoms with Crippen molar-refractivity contribution in [2.45, 2.75) is 31.8 Å². The van der Waals surface area contributed by atoms with Gasteiger partial charge in [-0.2, -0.15) is 0 Å². The topological polar surface area (TPSA) is 41.6 Å². The second-order valence-corrected chi connectivity index (χ2v) is 6.96. The van der Waals surface area contributed by atoms with E-state index in [9.17, 15) is 4.79 Å². The van der Waals surface area contributed by atoms with Crippen molar-refractivity contribution in [2.75, 3.05) is 26.3 Å². The SMILES string of the molecule is CC1COCC2NCCN(C(=O)Cc3cccc(Cl)c3)C12C. The van der Waals surface area contributed by atoms with Gasteiger partial charge in [-0.1, -0.05) is 30.7 Å². The predicted molar refractivity (Wildman–Crippen MR) is 87.0 cm³/mol. The van der Waals surface area contributed by atoms with Gasteiger partial charge in [-0.05, 0) is 24.6 Å². The van der Waals surface area contributed by atoms with Gasteiger partial charge in [0.15, 0.2) is 0 Å². The number of hydrogen-bond acceptors (Lipinski definition) is 3. The molecule has 1 aromatic rings. The standard InChI is InChI=1S/C17H23ClN2O2/c1-12-10-22-11-15-17(12,2)20(7-6-19-15)16(21)9-13-4-3-5-14(18)8-13/h3-5,8,12,15,19H,6-7,9-11H2,1-2H3. The Labute approximate surface area is 136 Å². The van der Waals surface area contributed by atoms with Crippen molar-refractivity contribution in [3.05, 3.63) is 34.9 Å². The maximum Gasteiger partial charge on any atom is 0.227 e. The molecular formula is C17H23ClN2O2. The minimum atomic E-state index is -0.188. The number of carbonyl (C=O) groups excluding carboxylic acids is 1. The third-order valence-corrected chi connectivity index (χ3v) is 5.44. The zero-order valence-corrected chi connectivity index (χ0v) is 13.9. The Bertz CT molecular complexity index is 563. The Morgan fingerprint density at radius 3 is 3.09 bits per heavy atom. The monoisotopic (exact) mass is 322 g/mol. The predicted octanol–water partition coefficient (Wildman–Crippen LogP) is 2.11. The zero-order chi connectivity index (χ0) is 15.7. The van der Waals surface area contributed by atoms with E-state index in [-0.39, 0.29) is 17.5 Å². The number of amides is 1. The van der Waals surface area contributed by atoms with Gasteiger partial charge >= 0.3 is 0 Å². The number of halogens is 1. The molecule has 22 heavy (non-hydrogen) atoms. The molecule has 0 bridgehead atoms. The highest BCUT2D eigenvalue weighted by atomic mass is 35.5. The van der Waals surface area contributed by atoms with E-state index in [4.69, 9.17) is 16.3 Å². The van der Waals surface area contributed by atoms with E-state index in [1.165, 1.54) is 0 Å². The third-order valence-electron chi connectivity index (χ3n) is 5.21. The molecule has 2 saturated heterocycles. The lowest BCUT2D eigenvalue weighted by molar-refractivity contribution is -0.153. The minimum Gasteiger partial charge on any atom is -0.379 e. The first-order valence-electron chi connectivity index (χ1n) is 7.88. The van der Waals surface area contributed by atoms with Crippen LogP contribution in [0.1, 0.15) is 19.4 Å². The van der Waals surface area contributed by atoms with Gasteiger partial charge in [0, 0.05) is 24.0 Å². The fourth-order valence-corrected chi connectivity index (χ4v) is 3.88. The van der Waals surface area contributed by atoms with Crippen LogP contribution in [0.25, 0.3) is 0 Å². The summed E-state index contributed by atoms with van der Waals surface area (Å²) in [5.41, 5.74) is 0.780. The second kappa shape index (κ2) is 6.19. The van der Waals surface area contributed by atoms with Crippen LogP contribution in [0.15, 0.2) is 24.3 Å². The maximum absolute atomic E-state index is 12.9. The highest BCUT2D eigenvalue weighted by Crippen LogP contribution is 2.35. The molecule has 1 amide bonds. The molecule has 2 aliphatic rings. The molecule has 3 unspecified atom stereocenters. The molecule has 5 heteroatoms. The van der Waals surface area contributed by atoms with Crippen LogP contribution in [0.4, 0.5) is 0 Å². The van der Waals surface area contributed by atoms with Crippen LogP contribution in [0.2, 0.25) is 5.02 Å². The van der Waals surface area contributed by atoms with E-state index in [0.717, 1.165) is 18.7 Å². The number of piperazine rings is 1. The normalized spacial score (nSPS) is 31.7. The molecule has 2 heterocycles. The number of nitrogens with zero attached hydrogens (tertiary/aromatic N) is 1. The molecule has 0 radical (unpaired) electrons. The van der Waals surface area contributed by atoms with Crippen molar-refractivity contribution in [3.63, 3.8) is 0 Å². The summed E-state index contributed by atoms with van der Waals surface area (Å²) in [4.78, 5) is 15.0. The van der Waals surface area contributed by atoms with E-state index < -0.39 is 0 Å². The number of nitrogens with one attached hydrogen (secondary N) is 1. The Kier molecular flexibility index (Phi) is 4.44. The summed E-state index contributed by atoms with van der Waals surface area (Å²) >= 11 is 6.02. The highest BCUT2D eigenvalue weighted by molar-refractivity contribution is 6.30. The molecule has 0 spiro atoms. The van der Waals surface area contributed by atoms with Crippen LogP contribution >= 0.6 is 11.6 Å². The van der Waals surface area contributed by atoms with Gasteiger partial charge in [-0.25, -0.2) is 0 Å². The third kappa shape index (κ3) is 2.75. The van der Waals surface area contributed by atoms with Gasteiger partial charge in [-0.15, -0.1) is 0 Å². The summed E-state index contributed by atoms with van der Waals surface area (Å²) in [6.07, 6.45) is 0.399. The van der Waals surface area contributed by atoms with Crippen LogP contribution in [-0.2, 0) is 16.0 Å². The van der Waals surface area contributed by atoms with Crippen LogP contribution in [0.3, 0.4) is 0 Å². The van der Waals surface area contributed by atoms with Crippen LogP contribution in [0, 0.1) is 5.92 Å². The van der Waals surface area contributed by atoms with E-state index in [1.54, 1.807) is 0 Å². The van der Waals surface area contributed by atoms with E-state index in [2.05, 4.69) is 24.1 Å². The van der Waals surface area contributed by atoms with Crippen molar-refractivity contribution >= 4 is 17.5 Å². The number of carbonyl (C=O) groups is 1. The van der Waals surface area contributed by atoms with Crippen LogP contribution in [0.5, 0.6) is 0 Å². The molecule has 2 fully saturated rings. The molecule has 1 N–H and O–H groups in total. The Balaban J connectivity index is 1.81. The lowest BCUT2D eigenvalue weighted by Crippen LogP contribution is -2.73. The van der Waals surface area contributed by atoms with Gasteiger partial charge in [0.1, 0.15) is 0 Å². The first-order valence-corrected chi connectivity index (χ1v) is 8.25. The number of benzene rings is 1. The molecule has 0 saturated carbocycles. The van der Waals surface area contributed by atoms with Crippen molar-refractivity contribution in [1.29, 1.82) is 0 Å². The van der Waals surface area contributed by atoms with Gasteiger partial charge < -0.3 is 15.0 Å². The molecule has 3 atom stereocenters. The van der Waals surface area contributed by atoms with Gasteiger partial charge in [0.2, 0.25) is 5.91 Å². The Hall–Kier alpha value is -1.10. The number of ether oxygens (including phenoxy) is 1. The summed E-state index contributed by atoms with van der Waals surface area (Å²) in [7, 11) is 0. The Morgan fingerprint density at radius 2 is 2.32 bits per heavy atom. The summed E-state index contributed by atoms with van der Waals surface area (Å²) < 4.78 is 5.66. The summed E-state index contributed by atoms with van der Waals surface area (Å²) in [5, 5.41) is 4.18. The first-order chi connectivity index (χ1) is 10.5. The molecule has 120 valence electrons. The Morgan fingerprint density at radius 1 is 1.50 bits per heavy atom. The molecular weight excluding hydrogens is 300 g/mol. The fraction of sp³-hybridized carbons (Fsp3) is 0.588. The van der Waals surface area contributed by atoms with Crippen LogP contribution < -0.4 is 5.32 Å². The number of rotatable bonds is 2.